The summed E-state index contributed by atoms with van der Waals surface area (Å²) in [7, 11) is 0. The van der Waals surface area contributed by atoms with E-state index in [1.54, 1.807) is 35.3 Å². The van der Waals surface area contributed by atoms with E-state index in [0.717, 1.165) is 11.9 Å². The zero-order valence-corrected chi connectivity index (χ0v) is 10.2. The minimum Gasteiger partial charge on any atom is -0.480 e. The fraction of sp³-hybridized carbons (Fsp3) is 0.308. The predicted octanol–water partition coefficient (Wildman–Crippen LogP) is 1.02. The minimum atomic E-state index is -0.936. The van der Waals surface area contributed by atoms with Gasteiger partial charge in [0.2, 0.25) is 0 Å². The van der Waals surface area contributed by atoms with Crippen molar-refractivity contribution < 1.29 is 14.7 Å². The monoisotopic (exact) mass is 259 g/mol. The fourth-order valence-corrected chi connectivity index (χ4v) is 2.48. The van der Waals surface area contributed by atoms with Crippen LogP contribution in [-0.4, -0.2) is 43.9 Å². The summed E-state index contributed by atoms with van der Waals surface area (Å²) in [6.07, 6.45) is 6.25. The van der Waals surface area contributed by atoms with Gasteiger partial charge >= 0.3 is 5.97 Å². The Kier molecular flexibility index (Phi) is 2.70. The van der Waals surface area contributed by atoms with Crippen LogP contribution in [0.3, 0.4) is 0 Å². The lowest BCUT2D eigenvalue weighted by Gasteiger charge is -2.21. The number of aromatic nitrogens is 2. The van der Waals surface area contributed by atoms with E-state index in [4.69, 9.17) is 5.11 Å². The van der Waals surface area contributed by atoms with E-state index in [9.17, 15) is 9.59 Å². The number of rotatable bonds is 2. The Morgan fingerprint density at radius 3 is 3.00 bits per heavy atom. The van der Waals surface area contributed by atoms with Crippen LogP contribution in [0, 0.1) is 0 Å². The molecule has 3 rings (SSSR count). The van der Waals surface area contributed by atoms with E-state index in [2.05, 4.69) is 4.98 Å². The van der Waals surface area contributed by atoms with Crippen molar-refractivity contribution in [1.29, 1.82) is 0 Å². The van der Waals surface area contributed by atoms with E-state index >= 15 is 0 Å². The molecule has 6 heteroatoms. The highest BCUT2D eigenvalue weighted by atomic mass is 16.4. The normalized spacial score (nSPS) is 18.9. The zero-order valence-electron chi connectivity index (χ0n) is 10.2. The maximum Gasteiger partial charge on any atom is 0.326 e. The molecule has 1 fully saturated rings. The minimum absolute atomic E-state index is 0.236. The molecule has 0 unspecified atom stereocenters. The molecule has 1 N–H and O–H groups in total. The summed E-state index contributed by atoms with van der Waals surface area (Å²) in [4.78, 5) is 28.9. The molecule has 19 heavy (non-hydrogen) atoms. The molecular formula is C13H13N3O3. The number of hydrogen-bond acceptors (Lipinski definition) is 3. The molecule has 1 aliphatic rings. The van der Waals surface area contributed by atoms with Gasteiger partial charge in [-0.1, -0.05) is 0 Å². The fourth-order valence-electron chi connectivity index (χ4n) is 2.48. The quantitative estimate of drug-likeness (QED) is 0.873. The van der Waals surface area contributed by atoms with Crippen LogP contribution >= 0.6 is 0 Å². The molecular weight excluding hydrogens is 246 g/mol. The van der Waals surface area contributed by atoms with Crippen molar-refractivity contribution in [3.63, 3.8) is 0 Å². The van der Waals surface area contributed by atoms with Gasteiger partial charge in [0.25, 0.3) is 5.91 Å². The largest absolute Gasteiger partial charge is 0.480 e. The first-order chi connectivity index (χ1) is 9.16. The Morgan fingerprint density at radius 2 is 2.21 bits per heavy atom. The molecule has 0 aliphatic carbocycles. The van der Waals surface area contributed by atoms with Gasteiger partial charge in [-0.2, -0.15) is 0 Å². The standard InChI is InChI=1S/C13H13N3O3/c17-12(16-5-1-2-11(16)13(18)19)9-3-4-10-6-14-8-15(10)7-9/h3-4,6-8,11H,1-2,5H2,(H,18,19)/t11-/m1/s1. The number of pyridine rings is 1. The number of amides is 1. The van der Waals surface area contributed by atoms with E-state index in [1.165, 1.54) is 4.90 Å². The summed E-state index contributed by atoms with van der Waals surface area (Å²) in [6, 6.07) is 2.80. The summed E-state index contributed by atoms with van der Waals surface area (Å²) in [5.74, 6) is -1.17. The number of carboxylic acid groups (broad SMARTS) is 1. The molecule has 6 nitrogen and oxygen atoms in total. The number of imidazole rings is 1. The first-order valence-corrected chi connectivity index (χ1v) is 6.12. The van der Waals surface area contributed by atoms with Crippen molar-refractivity contribution in [2.24, 2.45) is 0 Å². The summed E-state index contributed by atoms with van der Waals surface area (Å²) >= 11 is 0. The molecule has 98 valence electrons. The number of hydrogen-bond donors (Lipinski definition) is 1. The average Bonchev–Trinajstić information content (AvgIpc) is 3.05. The van der Waals surface area contributed by atoms with Gasteiger partial charge in [-0.25, -0.2) is 9.78 Å². The van der Waals surface area contributed by atoms with Crippen molar-refractivity contribution in [1.82, 2.24) is 14.3 Å². The van der Waals surface area contributed by atoms with Crippen LogP contribution in [0.15, 0.2) is 30.9 Å². The lowest BCUT2D eigenvalue weighted by molar-refractivity contribution is -0.141. The van der Waals surface area contributed by atoms with Crippen molar-refractivity contribution >= 4 is 17.4 Å². The second kappa shape index (κ2) is 4.38. The lowest BCUT2D eigenvalue weighted by atomic mass is 10.2. The summed E-state index contributed by atoms with van der Waals surface area (Å²) in [5, 5.41) is 9.11. The van der Waals surface area contributed by atoms with Gasteiger partial charge < -0.3 is 14.4 Å². The smallest absolute Gasteiger partial charge is 0.326 e. The number of carbonyl (C=O) groups excluding carboxylic acids is 1. The zero-order chi connectivity index (χ0) is 13.4. The number of aliphatic carboxylic acids is 1. The number of likely N-dealkylation sites (tertiary alicyclic amines) is 1. The Hall–Kier alpha value is -2.37. The van der Waals surface area contributed by atoms with Crippen LogP contribution in [0.2, 0.25) is 0 Å². The third-order valence-electron chi connectivity index (χ3n) is 3.45. The van der Waals surface area contributed by atoms with E-state index in [-0.39, 0.29) is 5.91 Å². The van der Waals surface area contributed by atoms with E-state index in [0.29, 0.717) is 18.5 Å². The summed E-state index contributed by atoms with van der Waals surface area (Å²) in [6.45, 7) is 0.498. The molecule has 1 aliphatic heterocycles. The third-order valence-corrected chi connectivity index (χ3v) is 3.45. The van der Waals surface area contributed by atoms with Gasteiger partial charge in [-0.05, 0) is 25.0 Å². The van der Waals surface area contributed by atoms with Gasteiger partial charge in [-0.15, -0.1) is 0 Å². The van der Waals surface area contributed by atoms with Gasteiger partial charge in [0.1, 0.15) is 6.04 Å². The molecule has 1 amide bonds. The number of carboxylic acids is 1. The lowest BCUT2D eigenvalue weighted by Crippen LogP contribution is -2.40. The van der Waals surface area contributed by atoms with Crippen molar-refractivity contribution in [3.8, 4) is 0 Å². The highest BCUT2D eigenvalue weighted by Gasteiger charge is 2.34. The molecule has 0 spiro atoms. The first kappa shape index (κ1) is 11.7. The molecule has 1 saturated heterocycles. The Balaban J connectivity index is 1.92. The second-order valence-corrected chi connectivity index (χ2v) is 4.64. The summed E-state index contributed by atoms with van der Waals surface area (Å²) in [5.41, 5.74) is 1.38. The maximum atomic E-state index is 12.4. The van der Waals surface area contributed by atoms with E-state index in [1.807, 2.05) is 0 Å². The third kappa shape index (κ3) is 1.95. The molecule has 3 heterocycles. The van der Waals surface area contributed by atoms with Gasteiger partial charge in [0.05, 0.1) is 23.6 Å². The van der Waals surface area contributed by atoms with Crippen molar-refractivity contribution in [3.05, 3.63) is 36.4 Å². The number of carbonyl (C=O) groups is 2. The van der Waals surface area contributed by atoms with Gasteiger partial charge in [-0.3, -0.25) is 4.79 Å². The average molecular weight is 259 g/mol. The second-order valence-electron chi connectivity index (χ2n) is 4.64. The SMILES string of the molecule is O=C(O)[C@H]1CCCN1C(=O)c1ccc2cncn2c1. The topological polar surface area (TPSA) is 74.9 Å². The molecule has 1 atom stereocenters. The van der Waals surface area contributed by atoms with Crippen molar-refractivity contribution in [2.45, 2.75) is 18.9 Å². The van der Waals surface area contributed by atoms with Crippen LogP contribution < -0.4 is 0 Å². The van der Waals surface area contributed by atoms with Crippen LogP contribution in [0.4, 0.5) is 0 Å². The molecule has 0 bridgehead atoms. The maximum absolute atomic E-state index is 12.4. The number of nitrogens with zero attached hydrogens (tertiary/aromatic N) is 3. The summed E-state index contributed by atoms with van der Waals surface area (Å²) < 4.78 is 1.75. The van der Waals surface area contributed by atoms with Crippen molar-refractivity contribution in [2.75, 3.05) is 6.54 Å². The first-order valence-electron chi connectivity index (χ1n) is 6.12. The molecule has 2 aromatic rings. The van der Waals surface area contributed by atoms with Crippen LogP contribution in [0.5, 0.6) is 0 Å². The van der Waals surface area contributed by atoms with Gasteiger partial charge in [0.15, 0.2) is 0 Å². The van der Waals surface area contributed by atoms with Crippen LogP contribution in [0.1, 0.15) is 23.2 Å². The van der Waals surface area contributed by atoms with Crippen LogP contribution in [0.25, 0.3) is 5.52 Å². The number of fused-ring (bicyclic) bond motifs is 1. The van der Waals surface area contributed by atoms with Gasteiger partial charge in [0, 0.05) is 12.7 Å². The molecule has 0 saturated carbocycles. The molecule has 2 aromatic heterocycles. The Morgan fingerprint density at radius 1 is 1.37 bits per heavy atom. The molecule has 0 radical (unpaired) electrons. The molecule has 0 aromatic carbocycles. The van der Waals surface area contributed by atoms with E-state index < -0.39 is 12.0 Å². The predicted molar refractivity (Wildman–Crippen MR) is 66.9 cm³/mol. The van der Waals surface area contributed by atoms with Crippen LogP contribution in [-0.2, 0) is 4.79 Å². The Labute approximate surface area is 109 Å². The highest BCUT2D eigenvalue weighted by molar-refractivity contribution is 5.97. The Bertz CT molecular complexity index is 649. The highest BCUT2D eigenvalue weighted by Crippen LogP contribution is 2.20.